The zero-order chi connectivity index (χ0) is 17.9. The van der Waals surface area contributed by atoms with E-state index in [1.807, 2.05) is 7.05 Å². The summed E-state index contributed by atoms with van der Waals surface area (Å²) in [7, 11) is 1.86. The summed E-state index contributed by atoms with van der Waals surface area (Å²) >= 11 is 1.61. The van der Waals surface area contributed by atoms with Gasteiger partial charge in [-0.2, -0.15) is 0 Å². The Hall–Kier alpha value is -0.750. The van der Waals surface area contributed by atoms with Crippen molar-refractivity contribution < 1.29 is 4.39 Å². The molecule has 0 N–H and O–H groups in total. The Morgan fingerprint density at radius 1 is 1.08 bits per heavy atom. The van der Waals surface area contributed by atoms with Crippen molar-refractivity contribution in [3.63, 3.8) is 0 Å². The second-order valence-electron chi connectivity index (χ2n) is 7.90. The fourth-order valence-corrected chi connectivity index (χ4v) is 5.16. The van der Waals surface area contributed by atoms with Crippen molar-refractivity contribution in [1.29, 1.82) is 0 Å². The van der Waals surface area contributed by atoms with Crippen LogP contribution in [0.1, 0.15) is 45.4 Å². The molecule has 0 aromatic heterocycles. The molecule has 3 saturated heterocycles. The van der Waals surface area contributed by atoms with Crippen LogP contribution in [0.25, 0.3) is 0 Å². The number of rotatable bonds is 3. The summed E-state index contributed by atoms with van der Waals surface area (Å²) in [5.74, 6) is 0. The van der Waals surface area contributed by atoms with E-state index in [1.54, 1.807) is 18.7 Å². The molecule has 1 atom stereocenters. The molecule has 0 amide bonds. The average Bonchev–Trinajstić information content (AvgIpc) is 3.00. The Bertz CT molecular complexity index is 494. The Morgan fingerprint density at radius 2 is 1.76 bits per heavy atom. The van der Waals surface area contributed by atoms with Gasteiger partial charge in [0.2, 0.25) is 0 Å². The average molecular weight is 369 g/mol. The van der Waals surface area contributed by atoms with Crippen LogP contribution >= 0.6 is 11.8 Å². The van der Waals surface area contributed by atoms with Crippen LogP contribution in [0.5, 0.6) is 0 Å². The minimum absolute atomic E-state index is 0.451. The number of likely N-dealkylation sites (tertiary alicyclic amines) is 3. The van der Waals surface area contributed by atoms with Crippen molar-refractivity contribution in [1.82, 2.24) is 14.7 Å². The van der Waals surface area contributed by atoms with Crippen LogP contribution < -0.4 is 0 Å². The number of aliphatic imine (C=N–C) groups is 1. The SMILES string of the molecule is C=C(SC(=NC)N1CCC(N2CCCCC2)CC1)N1CCC(C)(F)C1. The van der Waals surface area contributed by atoms with Gasteiger partial charge in [-0.1, -0.05) is 13.0 Å². The number of alkyl halides is 1. The number of hydrogen-bond acceptors (Lipinski definition) is 4. The number of piperidine rings is 2. The molecule has 3 aliphatic heterocycles. The minimum atomic E-state index is -1.08. The molecule has 25 heavy (non-hydrogen) atoms. The van der Waals surface area contributed by atoms with E-state index in [9.17, 15) is 4.39 Å². The summed E-state index contributed by atoms with van der Waals surface area (Å²) in [4.78, 5) is 11.7. The second kappa shape index (κ2) is 8.30. The molecule has 0 aliphatic carbocycles. The van der Waals surface area contributed by atoms with Gasteiger partial charge in [0.15, 0.2) is 5.17 Å². The number of amidine groups is 1. The van der Waals surface area contributed by atoms with E-state index in [4.69, 9.17) is 0 Å². The number of hydrogen-bond donors (Lipinski definition) is 0. The van der Waals surface area contributed by atoms with Gasteiger partial charge < -0.3 is 14.7 Å². The molecule has 0 spiro atoms. The van der Waals surface area contributed by atoms with Gasteiger partial charge in [0.1, 0.15) is 5.67 Å². The summed E-state index contributed by atoms with van der Waals surface area (Å²) in [6, 6.07) is 0.744. The van der Waals surface area contributed by atoms with Gasteiger partial charge >= 0.3 is 0 Å². The molecule has 0 saturated carbocycles. The van der Waals surface area contributed by atoms with E-state index in [0.717, 1.165) is 35.9 Å². The van der Waals surface area contributed by atoms with Crippen LogP contribution in [0.4, 0.5) is 4.39 Å². The molecular weight excluding hydrogens is 335 g/mol. The molecule has 142 valence electrons. The predicted octanol–water partition coefficient (Wildman–Crippen LogP) is 3.56. The standard InChI is InChI=1S/C19H33FN4S/c1-16(24-14-9-19(2,20)15-24)25-18(21-3)23-12-7-17(8-13-23)22-10-5-4-6-11-22/h17H,1,4-15H2,2-3H3. The monoisotopic (exact) mass is 368 g/mol. The van der Waals surface area contributed by atoms with E-state index in [-0.39, 0.29) is 0 Å². The van der Waals surface area contributed by atoms with Crippen molar-refractivity contribution in [3.8, 4) is 0 Å². The molecule has 1 unspecified atom stereocenters. The van der Waals surface area contributed by atoms with Gasteiger partial charge in [0.25, 0.3) is 0 Å². The highest BCUT2D eigenvalue weighted by Gasteiger charge is 2.35. The van der Waals surface area contributed by atoms with Crippen LogP contribution in [-0.2, 0) is 0 Å². The number of nitrogens with zero attached hydrogens (tertiary/aromatic N) is 4. The van der Waals surface area contributed by atoms with E-state index in [1.165, 1.54) is 45.2 Å². The van der Waals surface area contributed by atoms with E-state index >= 15 is 0 Å². The van der Waals surface area contributed by atoms with Gasteiger partial charge in [-0.05, 0) is 57.5 Å². The summed E-state index contributed by atoms with van der Waals surface area (Å²) in [6.45, 7) is 11.8. The van der Waals surface area contributed by atoms with Crippen molar-refractivity contribution in [3.05, 3.63) is 11.6 Å². The highest BCUT2D eigenvalue weighted by molar-refractivity contribution is 8.17. The maximum Gasteiger partial charge on any atom is 0.165 e. The van der Waals surface area contributed by atoms with Crippen molar-refractivity contribution in [2.45, 2.75) is 57.2 Å². The maximum absolute atomic E-state index is 14.1. The molecule has 3 heterocycles. The minimum Gasteiger partial charge on any atom is -0.363 e. The Balaban J connectivity index is 1.48. The quantitative estimate of drug-likeness (QED) is 0.561. The molecule has 6 heteroatoms. The van der Waals surface area contributed by atoms with Crippen LogP contribution in [0.15, 0.2) is 16.6 Å². The smallest absolute Gasteiger partial charge is 0.165 e. The number of halogens is 1. The first-order chi connectivity index (χ1) is 12.0. The Kier molecular flexibility index (Phi) is 6.31. The first-order valence-electron chi connectivity index (χ1n) is 9.75. The zero-order valence-corrected chi connectivity index (χ0v) is 16.7. The Morgan fingerprint density at radius 3 is 2.32 bits per heavy atom. The summed E-state index contributed by atoms with van der Waals surface area (Å²) < 4.78 is 14.1. The highest BCUT2D eigenvalue weighted by atomic mass is 32.2. The van der Waals surface area contributed by atoms with Gasteiger partial charge in [-0.15, -0.1) is 0 Å². The Labute approximate surface area is 156 Å². The molecule has 0 aromatic carbocycles. The van der Waals surface area contributed by atoms with Gasteiger partial charge in [-0.25, -0.2) is 4.39 Å². The third kappa shape index (κ3) is 4.91. The number of thioether (sulfide) groups is 1. The maximum atomic E-state index is 14.1. The topological polar surface area (TPSA) is 22.1 Å². The van der Waals surface area contributed by atoms with Crippen LogP contribution in [0.3, 0.4) is 0 Å². The summed E-state index contributed by atoms with van der Waals surface area (Å²) in [5.41, 5.74) is -1.08. The molecule has 0 bridgehead atoms. The lowest BCUT2D eigenvalue weighted by atomic mass is 10.0. The van der Waals surface area contributed by atoms with Crippen molar-refractivity contribution >= 4 is 16.9 Å². The molecule has 3 aliphatic rings. The molecule has 0 radical (unpaired) electrons. The highest BCUT2D eigenvalue weighted by Crippen LogP contribution is 2.32. The van der Waals surface area contributed by atoms with Gasteiger partial charge in [0.05, 0.1) is 11.6 Å². The summed E-state index contributed by atoms with van der Waals surface area (Å²) in [5, 5.41) is 1.97. The lowest BCUT2D eigenvalue weighted by molar-refractivity contribution is 0.115. The third-order valence-electron chi connectivity index (χ3n) is 5.82. The fourth-order valence-electron chi connectivity index (χ4n) is 4.26. The normalized spacial score (nSPS) is 30.1. The fraction of sp³-hybridized carbons (Fsp3) is 0.842. The van der Waals surface area contributed by atoms with E-state index in [0.29, 0.717) is 13.0 Å². The van der Waals surface area contributed by atoms with Crippen LogP contribution in [-0.4, -0.2) is 77.9 Å². The second-order valence-corrected chi connectivity index (χ2v) is 8.94. The molecule has 3 rings (SSSR count). The lowest BCUT2D eigenvalue weighted by Crippen LogP contribution is -2.47. The first kappa shape index (κ1) is 19.0. The van der Waals surface area contributed by atoms with Gasteiger partial charge in [0, 0.05) is 39.1 Å². The van der Waals surface area contributed by atoms with Crippen LogP contribution in [0, 0.1) is 0 Å². The molecule has 0 aromatic rings. The van der Waals surface area contributed by atoms with Crippen molar-refractivity contribution in [2.24, 2.45) is 4.99 Å². The van der Waals surface area contributed by atoms with Crippen LogP contribution in [0.2, 0.25) is 0 Å². The van der Waals surface area contributed by atoms with Gasteiger partial charge in [-0.3, -0.25) is 4.99 Å². The molecular formula is C19H33FN4S. The van der Waals surface area contributed by atoms with E-state index < -0.39 is 5.67 Å². The first-order valence-corrected chi connectivity index (χ1v) is 10.6. The van der Waals surface area contributed by atoms with E-state index in [2.05, 4.69) is 26.3 Å². The molecule has 4 nitrogen and oxygen atoms in total. The summed E-state index contributed by atoms with van der Waals surface area (Å²) in [6.07, 6.45) is 7.15. The van der Waals surface area contributed by atoms with Crippen molar-refractivity contribution in [2.75, 3.05) is 46.3 Å². The third-order valence-corrected chi connectivity index (χ3v) is 6.94. The largest absolute Gasteiger partial charge is 0.363 e. The lowest BCUT2D eigenvalue weighted by Gasteiger charge is -2.41. The predicted molar refractivity (Wildman–Crippen MR) is 106 cm³/mol. The zero-order valence-electron chi connectivity index (χ0n) is 15.8. The molecule has 3 fully saturated rings.